The van der Waals surface area contributed by atoms with E-state index in [9.17, 15) is 4.79 Å². The van der Waals surface area contributed by atoms with Crippen molar-refractivity contribution >= 4 is 5.91 Å². The number of ether oxygens (including phenoxy) is 1. The average molecular weight is 272 g/mol. The van der Waals surface area contributed by atoms with Crippen LogP contribution in [0, 0.1) is 0 Å². The van der Waals surface area contributed by atoms with E-state index in [0.29, 0.717) is 18.7 Å². The number of amides is 1. The van der Waals surface area contributed by atoms with E-state index in [-0.39, 0.29) is 12.0 Å². The van der Waals surface area contributed by atoms with Crippen molar-refractivity contribution in [3.63, 3.8) is 0 Å². The molecule has 0 saturated heterocycles. The summed E-state index contributed by atoms with van der Waals surface area (Å²) in [4.78, 5) is 11.9. The van der Waals surface area contributed by atoms with Crippen molar-refractivity contribution in [1.82, 2.24) is 9.88 Å². The van der Waals surface area contributed by atoms with Gasteiger partial charge in [-0.2, -0.15) is 0 Å². The molecule has 0 bridgehead atoms. The van der Waals surface area contributed by atoms with E-state index < -0.39 is 0 Å². The zero-order valence-corrected chi connectivity index (χ0v) is 11.9. The topological polar surface area (TPSA) is 43.3 Å². The molecule has 0 atom stereocenters. The maximum atomic E-state index is 11.9. The number of aromatic nitrogens is 1. The molecule has 2 aromatic rings. The monoisotopic (exact) mass is 272 g/mol. The molecule has 4 heteroatoms. The normalized spacial score (nSPS) is 10.8. The third kappa shape index (κ3) is 3.96. The molecule has 2 rings (SSSR count). The van der Waals surface area contributed by atoms with Crippen LogP contribution in [0.5, 0.6) is 0 Å². The van der Waals surface area contributed by atoms with Gasteiger partial charge < -0.3 is 14.6 Å². The van der Waals surface area contributed by atoms with Crippen LogP contribution in [0.25, 0.3) is 5.69 Å². The lowest BCUT2D eigenvalue weighted by Gasteiger charge is -2.09. The zero-order chi connectivity index (χ0) is 14.4. The largest absolute Gasteiger partial charge is 0.377 e. The number of hydrogen-bond acceptors (Lipinski definition) is 2. The van der Waals surface area contributed by atoms with Crippen molar-refractivity contribution < 1.29 is 9.53 Å². The Labute approximate surface area is 119 Å². The number of nitrogens with one attached hydrogen (secondary N) is 1. The van der Waals surface area contributed by atoms with Crippen LogP contribution in [0.3, 0.4) is 0 Å². The van der Waals surface area contributed by atoms with Gasteiger partial charge in [-0.25, -0.2) is 0 Å². The summed E-state index contributed by atoms with van der Waals surface area (Å²) in [6.07, 6.45) is 4.13. The van der Waals surface area contributed by atoms with E-state index in [0.717, 1.165) is 5.69 Å². The predicted molar refractivity (Wildman–Crippen MR) is 79.2 cm³/mol. The molecule has 1 heterocycles. The molecule has 0 spiro atoms. The van der Waals surface area contributed by atoms with E-state index in [1.807, 2.05) is 67.2 Å². The van der Waals surface area contributed by atoms with E-state index in [1.165, 1.54) is 0 Å². The molecular weight excluding hydrogens is 252 g/mol. The number of benzene rings is 1. The van der Waals surface area contributed by atoms with Crippen molar-refractivity contribution in [2.24, 2.45) is 0 Å². The lowest BCUT2D eigenvalue weighted by molar-refractivity contribution is 0.0746. The van der Waals surface area contributed by atoms with Crippen molar-refractivity contribution in [2.75, 3.05) is 13.2 Å². The quantitative estimate of drug-likeness (QED) is 0.821. The van der Waals surface area contributed by atoms with Gasteiger partial charge in [-0.15, -0.1) is 0 Å². The fraction of sp³-hybridized carbons (Fsp3) is 0.312. The van der Waals surface area contributed by atoms with E-state index in [1.54, 1.807) is 0 Å². The van der Waals surface area contributed by atoms with E-state index >= 15 is 0 Å². The summed E-state index contributed by atoms with van der Waals surface area (Å²) in [6.45, 7) is 5.00. The Bertz CT molecular complexity index is 530. The maximum absolute atomic E-state index is 11.9. The first kappa shape index (κ1) is 14.3. The van der Waals surface area contributed by atoms with Crippen LogP contribution in [0.15, 0.2) is 48.8 Å². The molecule has 0 aliphatic carbocycles. The van der Waals surface area contributed by atoms with Crippen LogP contribution in [-0.4, -0.2) is 29.7 Å². The standard InChI is InChI=1S/C16H20N2O2/c1-13(2)20-12-9-17-16(19)14-5-7-15(8-6-14)18-10-3-4-11-18/h3-8,10-11,13H,9,12H2,1-2H3,(H,17,19). The van der Waals surface area contributed by atoms with Gasteiger partial charge in [0.05, 0.1) is 12.7 Å². The van der Waals surface area contributed by atoms with E-state index in [4.69, 9.17) is 4.74 Å². The minimum absolute atomic E-state index is 0.0728. The third-order valence-corrected chi connectivity index (χ3v) is 2.87. The molecule has 1 aromatic carbocycles. The fourth-order valence-corrected chi connectivity index (χ4v) is 1.85. The van der Waals surface area contributed by atoms with Gasteiger partial charge in [-0.05, 0) is 50.2 Å². The molecule has 1 N–H and O–H groups in total. The third-order valence-electron chi connectivity index (χ3n) is 2.87. The van der Waals surface area contributed by atoms with Crippen molar-refractivity contribution in [3.05, 3.63) is 54.4 Å². The molecule has 0 aliphatic rings. The number of rotatable bonds is 6. The molecule has 20 heavy (non-hydrogen) atoms. The Morgan fingerprint density at radius 1 is 1.20 bits per heavy atom. The SMILES string of the molecule is CC(C)OCCNC(=O)c1ccc(-n2cccc2)cc1. The molecule has 1 aromatic heterocycles. The van der Waals surface area contributed by atoms with Crippen molar-refractivity contribution in [1.29, 1.82) is 0 Å². The van der Waals surface area contributed by atoms with Crippen LogP contribution < -0.4 is 5.32 Å². The number of nitrogens with zero attached hydrogens (tertiary/aromatic N) is 1. The van der Waals surface area contributed by atoms with Crippen molar-refractivity contribution in [3.8, 4) is 5.69 Å². The Morgan fingerprint density at radius 3 is 2.45 bits per heavy atom. The fourth-order valence-electron chi connectivity index (χ4n) is 1.85. The Kier molecular flexibility index (Phi) is 4.96. The first-order valence-electron chi connectivity index (χ1n) is 6.80. The van der Waals surface area contributed by atoms with Gasteiger partial charge in [0.2, 0.25) is 0 Å². The summed E-state index contributed by atoms with van der Waals surface area (Å²) in [7, 11) is 0. The molecule has 0 unspecified atom stereocenters. The first-order chi connectivity index (χ1) is 9.66. The zero-order valence-electron chi connectivity index (χ0n) is 11.9. The highest BCUT2D eigenvalue weighted by molar-refractivity contribution is 5.94. The first-order valence-corrected chi connectivity index (χ1v) is 6.80. The van der Waals surface area contributed by atoms with Gasteiger partial charge in [0, 0.05) is 30.2 Å². The molecule has 4 nitrogen and oxygen atoms in total. The van der Waals surface area contributed by atoms with Crippen LogP contribution in [0.1, 0.15) is 24.2 Å². The second-order valence-electron chi connectivity index (χ2n) is 4.81. The molecule has 106 valence electrons. The van der Waals surface area contributed by atoms with Gasteiger partial charge >= 0.3 is 0 Å². The molecule has 0 aliphatic heterocycles. The Hall–Kier alpha value is -2.07. The highest BCUT2D eigenvalue weighted by Gasteiger charge is 2.05. The van der Waals surface area contributed by atoms with Crippen molar-refractivity contribution in [2.45, 2.75) is 20.0 Å². The Balaban J connectivity index is 1.88. The summed E-state index contributed by atoms with van der Waals surface area (Å²) in [5.41, 5.74) is 1.69. The number of carbonyl (C=O) groups excluding carboxylic acids is 1. The minimum atomic E-state index is -0.0728. The number of hydrogen-bond donors (Lipinski definition) is 1. The van der Waals surface area contributed by atoms with Crippen LogP contribution >= 0.6 is 0 Å². The molecule has 0 fully saturated rings. The highest BCUT2D eigenvalue weighted by Crippen LogP contribution is 2.09. The second-order valence-corrected chi connectivity index (χ2v) is 4.81. The van der Waals surface area contributed by atoms with Crippen LogP contribution in [-0.2, 0) is 4.74 Å². The predicted octanol–water partition coefficient (Wildman–Crippen LogP) is 2.63. The Morgan fingerprint density at radius 2 is 1.85 bits per heavy atom. The molecular formula is C16H20N2O2. The maximum Gasteiger partial charge on any atom is 0.251 e. The lowest BCUT2D eigenvalue weighted by Crippen LogP contribution is -2.28. The summed E-state index contributed by atoms with van der Waals surface area (Å²) >= 11 is 0. The average Bonchev–Trinajstić information content (AvgIpc) is 2.97. The summed E-state index contributed by atoms with van der Waals surface area (Å²) < 4.78 is 7.38. The summed E-state index contributed by atoms with van der Waals surface area (Å²) in [5, 5.41) is 2.84. The molecule has 0 radical (unpaired) electrons. The van der Waals surface area contributed by atoms with Gasteiger partial charge in [0.1, 0.15) is 0 Å². The number of carbonyl (C=O) groups is 1. The summed E-state index contributed by atoms with van der Waals surface area (Å²) in [6, 6.07) is 11.5. The molecule has 1 amide bonds. The van der Waals surface area contributed by atoms with Gasteiger partial charge in [-0.3, -0.25) is 4.79 Å². The van der Waals surface area contributed by atoms with E-state index in [2.05, 4.69) is 5.32 Å². The molecule has 0 saturated carbocycles. The van der Waals surface area contributed by atoms with Gasteiger partial charge in [-0.1, -0.05) is 0 Å². The van der Waals surface area contributed by atoms with Gasteiger partial charge in [0.25, 0.3) is 5.91 Å². The van der Waals surface area contributed by atoms with Gasteiger partial charge in [0.15, 0.2) is 0 Å². The van der Waals surface area contributed by atoms with Crippen LogP contribution in [0.2, 0.25) is 0 Å². The lowest BCUT2D eigenvalue weighted by atomic mass is 10.2. The highest BCUT2D eigenvalue weighted by atomic mass is 16.5. The smallest absolute Gasteiger partial charge is 0.251 e. The van der Waals surface area contributed by atoms with Crippen LogP contribution in [0.4, 0.5) is 0 Å². The summed E-state index contributed by atoms with van der Waals surface area (Å²) in [5.74, 6) is -0.0728. The second kappa shape index (κ2) is 6.91. The minimum Gasteiger partial charge on any atom is -0.377 e.